The molecule has 2 rings (SSSR count). The minimum absolute atomic E-state index is 0.581. The molecule has 0 aromatic heterocycles. The molecule has 17 heavy (non-hydrogen) atoms. The lowest BCUT2D eigenvalue weighted by atomic mass is 10.1. The first-order chi connectivity index (χ1) is 8.22. The number of benzene rings is 1. The van der Waals surface area contributed by atoms with Gasteiger partial charge in [0.15, 0.2) is 0 Å². The van der Waals surface area contributed by atoms with Gasteiger partial charge in [-0.2, -0.15) is 0 Å². The zero-order valence-electron chi connectivity index (χ0n) is 10.9. The lowest BCUT2D eigenvalue weighted by Crippen LogP contribution is -2.31. The molecule has 1 aromatic carbocycles. The highest BCUT2D eigenvalue weighted by Gasteiger charge is 2.15. The second-order valence-corrected chi connectivity index (χ2v) is 4.36. The summed E-state index contributed by atoms with van der Waals surface area (Å²) >= 11 is 0. The van der Waals surface area contributed by atoms with Crippen LogP contribution in [0.1, 0.15) is 18.1 Å². The van der Waals surface area contributed by atoms with Crippen LogP contribution in [-0.4, -0.2) is 37.0 Å². The van der Waals surface area contributed by atoms with Gasteiger partial charge < -0.3 is 9.64 Å². The van der Waals surface area contributed by atoms with Crippen molar-refractivity contribution in [1.29, 1.82) is 0 Å². The Kier molecular flexibility index (Phi) is 3.67. The van der Waals surface area contributed by atoms with Gasteiger partial charge in [0.2, 0.25) is 0 Å². The van der Waals surface area contributed by atoms with Gasteiger partial charge in [-0.25, -0.2) is 0 Å². The predicted molar refractivity (Wildman–Crippen MR) is 71.0 cm³/mol. The van der Waals surface area contributed by atoms with E-state index in [1.807, 2.05) is 12.1 Å². The number of rotatable bonds is 4. The lowest BCUT2D eigenvalue weighted by molar-refractivity contribution is 0.349. The average Bonchev–Trinajstić information content (AvgIpc) is 2.78. The van der Waals surface area contributed by atoms with Crippen molar-refractivity contribution < 1.29 is 4.74 Å². The van der Waals surface area contributed by atoms with Crippen LogP contribution < -0.4 is 4.74 Å². The Morgan fingerprint density at radius 2 is 2.18 bits per heavy atom. The summed E-state index contributed by atoms with van der Waals surface area (Å²) in [6, 6.07) is 6.16. The molecule has 3 heteroatoms. The van der Waals surface area contributed by atoms with Gasteiger partial charge in [0.1, 0.15) is 18.2 Å². The number of amidine groups is 1. The van der Waals surface area contributed by atoms with Crippen molar-refractivity contribution in [2.75, 3.05) is 26.2 Å². The van der Waals surface area contributed by atoms with Crippen molar-refractivity contribution >= 4 is 5.84 Å². The Balaban J connectivity index is 2.00. The molecule has 0 N–H and O–H groups in total. The Labute approximate surface area is 103 Å². The summed E-state index contributed by atoms with van der Waals surface area (Å²) in [5.41, 5.74) is 2.48. The number of likely N-dealkylation sites (N-methyl/N-ethyl adjacent to an activating group) is 1. The molecular weight excluding hydrogens is 212 g/mol. The molecule has 0 aliphatic carbocycles. The first kappa shape index (κ1) is 12.0. The van der Waals surface area contributed by atoms with Crippen molar-refractivity contribution in [3.63, 3.8) is 0 Å². The van der Waals surface area contributed by atoms with E-state index in [-0.39, 0.29) is 0 Å². The monoisotopic (exact) mass is 232 g/mol. The van der Waals surface area contributed by atoms with E-state index in [1.165, 1.54) is 11.1 Å². The molecule has 92 valence electrons. The quantitative estimate of drug-likeness (QED) is 0.796. The Bertz CT molecular complexity index is 426. The van der Waals surface area contributed by atoms with Gasteiger partial charge >= 0.3 is 0 Å². The highest BCUT2D eigenvalue weighted by atomic mass is 16.5. The fourth-order valence-electron chi connectivity index (χ4n) is 2.03. The normalized spacial score (nSPS) is 15.0. The van der Waals surface area contributed by atoms with E-state index < -0.39 is 0 Å². The topological polar surface area (TPSA) is 24.8 Å². The van der Waals surface area contributed by atoms with Gasteiger partial charge in [0, 0.05) is 13.1 Å². The highest BCUT2D eigenvalue weighted by molar-refractivity contribution is 5.85. The average molecular weight is 232 g/mol. The van der Waals surface area contributed by atoms with Crippen LogP contribution in [0.25, 0.3) is 0 Å². The molecule has 0 saturated carbocycles. The summed E-state index contributed by atoms with van der Waals surface area (Å²) in [5.74, 6) is 2.05. The van der Waals surface area contributed by atoms with Crippen molar-refractivity contribution in [1.82, 2.24) is 4.90 Å². The number of aliphatic imine (C=N–C) groups is 1. The van der Waals surface area contributed by atoms with Gasteiger partial charge in [-0.15, -0.1) is 0 Å². The molecule has 1 aliphatic heterocycles. The molecule has 0 bridgehead atoms. The number of hydrogen-bond acceptors (Lipinski definition) is 3. The van der Waals surface area contributed by atoms with Crippen LogP contribution in [0, 0.1) is 13.8 Å². The van der Waals surface area contributed by atoms with Crippen LogP contribution in [0.5, 0.6) is 5.75 Å². The summed E-state index contributed by atoms with van der Waals surface area (Å²) in [6.07, 6.45) is 0. The smallest absolute Gasteiger partial charge is 0.145 e. The zero-order chi connectivity index (χ0) is 12.3. The van der Waals surface area contributed by atoms with Crippen LogP contribution in [0.4, 0.5) is 0 Å². The van der Waals surface area contributed by atoms with E-state index in [9.17, 15) is 0 Å². The summed E-state index contributed by atoms with van der Waals surface area (Å²) in [6.45, 7) is 9.87. The maximum atomic E-state index is 5.86. The van der Waals surface area contributed by atoms with Crippen molar-refractivity contribution in [2.24, 2.45) is 4.99 Å². The van der Waals surface area contributed by atoms with Gasteiger partial charge in [0.25, 0.3) is 0 Å². The Morgan fingerprint density at radius 3 is 2.94 bits per heavy atom. The van der Waals surface area contributed by atoms with Gasteiger partial charge in [-0.3, -0.25) is 4.99 Å². The maximum Gasteiger partial charge on any atom is 0.145 e. The fourth-order valence-corrected chi connectivity index (χ4v) is 2.03. The van der Waals surface area contributed by atoms with Crippen LogP contribution in [0.3, 0.4) is 0 Å². The number of hydrogen-bond donors (Lipinski definition) is 0. The third-order valence-corrected chi connectivity index (χ3v) is 3.32. The van der Waals surface area contributed by atoms with E-state index in [4.69, 9.17) is 4.74 Å². The standard InChI is InChI=1S/C14H20N2O/c1-4-16-9-8-15-14(16)10-17-13-7-5-6-11(2)12(13)3/h5-7H,4,8-10H2,1-3H3. The van der Waals surface area contributed by atoms with E-state index >= 15 is 0 Å². The van der Waals surface area contributed by atoms with E-state index in [2.05, 4.69) is 36.7 Å². The van der Waals surface area contributed by atoms with E-state index in [0.29, 0.717) is 6.61 Å². The predicted octanol–water partition coefficient (Wildman–Crippen LogP) is 2.42. The van der Waals surface area contributed by atoms with Crippen molar-refractivity contribution in [2.45, 2.75) is 20.8 Å². The molecule has 0 fully saturated rings. The molecule has 0 amide bonds. The molecule has 0 atom stereocenters. The van der Waals surface area contributed by atoms with Crippen molar-refractivity contribution in [3.05, 3.63) is 29.3 Å². The van der Waals surface area contributed by atoms with Crippen LogP contribution in [0.15, 0.2) is 23.2 Å². The second-order valence-electron chi connectivity index (χ2n) is 4.36. The van der Waals surface area contributed by atoms with E-state index in [1.54, 1.807) is 0 Å². The van der Waals surface area contributed by atoms with Crippen LogP contribution in [-0.2, 0) is 0 Å². The molecule has 1 heterocycles. The highest BCUT2D eigenvalue weighted by Crippen LogP contribution is 2.20. The molecule has 0 saturated heterocycles. The Morgan fingerprint density at radius 1 is 1.35 bits per heavy atom. The second kappa shape index (κ2) is 5.21. The molecule has 1 aliphatic rings. The zero-order valence-corrected chi connectivity index (χ0v) is 10.9. The minimum atomic E-state index is 0.581. The summed E-state index contributed by atoms with van der Waals surface area (Å²) < 4.78 is 5.86. The maximum absolute atomic E-state index is 5.86. The summed E-state index contributed by atoms with van der Waals surface area (Å²) in [4.78, 5) is 6.74. The molecule has 3 nitrogen and oxygen atoms in total. The van der Waals surface area contributed by atoms with Gasteiger partial charge in [-0.05, 0) is 38.0 Å². The third-order valence-electron chi connectivity index (χ3n) is 3.32. The number of aryl methyl sites for hydroxylation is 1. The first-order valence-electron chi connectivity index (χ1n) is 6.19. The summed E-state index contributed by atoms with van der Waals surface area (Å²) in [7, 11) is 0. The third kappa shape index (κ3) is 2.60. The lowest BCUT2D eigenvalue weighted by Gasteiger charge is -2.19. The molecule has 0 unspecified atom stereocenters. The van der Waals surface area contributed by atoms with E-state index in [0.717, 1.165) is 31.2 Å². The minimum Gasteiger partial charge on any atom is -0.485 e. The number of nitrogens with zero attached hydrogens (tertiary/aromatic N) is 2. The van der Waals surface area contributed by atoms with Crippen LogP contribution in [0.2, 0.25) is 0 Å². The first-order valence-corrected chi connectivity index (χ1v) is 6.19. The summed E-state index contributed by atoms with van der Waals surface area (Å²) in [5, 5.41) is 0. The van der Waals surface area contributed by atoms with Gasteiger partial charge in [0.05, 0.1) is 6.54 Å². The SMILES string of the molecule is CCN1CCN=C1COc1cccc(C)c1C. The number of ether oxygens (including phenoxy) is 1. The molecular formula is C14H20N2O. The molecule has 1 aromatic rings. The van der Waals surface area contributed by atoms with Crippen LogP contribution >= 0.6 is 0 Å². The Hall–Kier alpha value is -1.51. The molecule has 0 radical (unpaired) electrons. The fraction of sp³-hybridized carbons (Fsp3) is 0.500. The van der Waals surface area contributed by atoms with Gasteiger partial charge in [-0.1, -0.05) is 12.1 Å². The van der Waals surface area contributed by atoms with Crippen molar-refractivity contribution in [3.8, 4) is 5.75 Å². The molecule has 0 spiro atoms. The largest absolute Gasteiger partial charge is 0.485 e.